The van der Waals surface area contributed by atoms with Crippen molar-refractivity contribution >= 4 is 0 Å². The van der Waals surface area contributed by atoms with Crippen LogP contribution in [-0.4, -0.2) is 4.98 Å². The van der Waals surface area contributed by atoms with Gasteiger partial charge in [0, 0.05) is 18.4 Å². The fourth-order valence-electron chi connectivity index (χ4n) is 0.576. The van der Waals surface area contributed by atoms with Crippen molar-refractivity contribution in [3.05, 3.63) is 36.5 Å². The van der Waals surface area contributed by atoms with E-state index in [0.29, 0.717) is 6.54 Å². The van der Waals surface area contributed by atoms with Crippen LogP contribution in [-0.2, 0) is 6.54 Å². The minimum Gasteiger partial charge on any atom is -0.326 e. The molecular formula is C7H9N2. The summed E-state index contributed by atoms with van der Waals surface area (Å²) in [6, 6.07) is 3.78. The molecule has 1 radical (unpaired) electrons. The van der Waals surface area contributed by atoms with Gasteiger partial charge in [-0.25, -0.2) is 0 Å². The predicted molar refractivity (Wildman–Crippen MR) is 36.6 cm³/mol. The van der Waals surface area contributed by atoms with Crippen LogP contribution in [0.5, 0.6) is 0 Å². The predicted octanol–water partition coefficient (Wildman–Crippen LogP) is 0.722. The highest BCUT2D eigenvalue weighted by Gasteiger charge is 1.86. The van der Waals surface area contributed by atoms with Gasteiger partial charge in [-0.05, 0) is 18.6 Å². The summed E-state index contributed by atoms with van der Waals surface area (Å²) < 4.78 is 0. The third kappa shape index (κ3) is 1.50. The molecule has 0 saturated heterocycles. The minimum atomic E-state index is 0.549. The smallest absolute Gasteiger partial charge is 0.0407 e. The third-order valence-electron chi connectivity index (χ3n) is 1.12. The zero-order chi connectivity index (χ0) is 6.69. The van der Waals surface area contributed by atoms with Crippen LogP contribution < -0.4 is 5.73 Å². The number of rotatable bonds is 1. The van der Waals surface area contributed by atoms with Crippen molar-refractivity contribution in [3.8, 4) is 0 Å². The van der Waals surface area contributed by atoms with Gasteiger partial charge in [-0.3, -0.25) is 4.98 Å². The fraction of sp³-hybridized carbons (Fsp3) is 0.143. The quantitative estimate of drug-likeness (QED) is 0.594. The molecule has 0 spiro atoms. The monoisotopic (exact) mass is 121 g/mol. The van der Waals surface area contributed by atoms with Gasteiger partial charge >= 0.3 is 0 Å². The standard InChI is InChI=1S/C7H9N2/c1-6-2-3-7(4-8)5-9-6/h2-3,5H,1,4,8H2. The summed E-state index contributed by atoms with van der Waals surface area (Å²) in [5, 5.41) is 0. The summed E-state index contributed by atoms with van der Waals surface area (Å²) in [4.78, 5) is 3.96. The van der Waals surface area contributed by atoms with Gasteiger partial charge in [0.1, 0.15) is 0 Å². The molecule has 1 heterocycles. The average molecular weight is 121 g/mol. The van der Waals surface area contributed by atoms with E-state index in [9.17, 15) is 0 Å². The Morgan fingerprint density at radius 1 is 1.56 bits per heavy atom. The van der Waals surface area contributed by atoms with Crippen LogP contribution >= 0.6 is 0 Å². The second kappa shape index (κ2) is 2.60. The molecule has 0 aliphatic carbocycles. The number of pyridine rings is 1. The molecule has 0 amide bonds. The SMILES string of the molecule is [CH2]c1ccc(CN)cn1. The first-order valence-corrected chi connectivity index (χ1v) is 2.80. The van der Waals surface area contributed by atoms with E-state index in [2.05, 4.69) is 11.9 Å². The number of nitrogens with zero attached hydrogens (tertiary/aromatic N) is 1. The van der Waals surface area contributed by atoms with Crippen molar-refractivity contribution in [1.29, 1.82) is 0 Å². The molecule has 2 nitrogen and oxygen atoms in total. The zero-order valence-electron chi connectivity index (χ0n) is 5.17. The minimum absolute atomic E-state index is 0.549. The summed E-state index contributed by atoms with van der Waals surface area (Å²) in [5.74, 6) is 0. The van der Waals surface area contributed by atoms with Crippen molar-refractivity contribution < 1.29 is 0 Å². The molecule has 2 N–H and O–H groups in total. The highest BCUT2D eigenvalue weighted by atomic mass is 14.7. The van der Waals surface area contributed by atoms with E-state index in [-0.39, 0.29) is 0 Å². The summed E-state index contributed by atoms with van der Waals surface area (Å²) >= 11 is 0. The van der Waals surface area contributed by atoms with Crippen molar-refractivity contribution in [2.45, 2.75) is 6.54 Å². The molecule has 1 aromatic heterocycles. The Hall–Kier alpha value is -0.890. The van der Waals surface area contributed by atoms with Gasteiger partial charge in [0.25, 0.3) is 0 Å². The van der Waals surface area contributed by atoms with Crippen LogP contribution in [0.15, 0.2) is 18.3 Å². The number of aromatic nitrogens is 1. The molecule has 2 heteroatoms. The van der Waals surface area contributed by atoms with Gasteiger partial charge in [0.05, 0.1) is 0 Å². The summed E-state index contributed by atoms with van der Waals surface area (Å²) in [7, 11) is 0. The van der Waals surface area contributed by atoms with Crippen LogP contribution in [0.3, 0.4) is 0 Å². The zero-order valence-corrected chi connectivity index (χ0v) is 5.17. The summed E-state index contributed by atoms with van der Waals surface area (Å²) in [6.45, 7) is 4.19. The molecule has 0 fully saturated rings. The molecule has 0 unspecified atom stereocenters. The van der Waals surface area contributed by atoms with Crippen LogP contribution in [0, 0.1) is 6.92 Å². The Kier molecular flexibility index (Phi) is 1.80. The van der Waals surface area contributed by atoms with Gasteiger partial charge in [0.2, 0.25) is 0 Å². The van der Waals surface area contributed by atoms with Gasteiger partial charge in [0.15, 0.2) is 0 Å². The van der Waals surface area contributed by atoms with Crippen LogP contribution in [0.1, 0.15) is 11.3 Å². The van der Waals surface area contributed by atoms with Crippen molar-refractivity contribution in [2.24, 2.45) is 5.73 Å². The highest BCUT2D eigenvalue weighted by Crippen LogP contribution is 1.96. The third-order valence-corrected chi connectivity index (χ3v) is 1.12. The van der Waals surface area contributed by atoms with Gasteiger partial charge in [-0.15, -0.1) is 0 Å². The molecule has 47 valence electrons. The Morgan fingerprint density at radius 2 is 2.33 bits per heavy atom. The Labute approximate surface area is 54.7 Å². The topological polar surface area (TPSA) is 38.9 Å². The lowest BCUT2D eigenvalue weighted by atomic mass is 10.2. The molecule has 0 aliphatic rings. The van der Waals surface area contributed by atoms with E-state index in [1.165, 1.54) is 0 Å². The van der Waals surface area contributed by atoms with E-state index in [4.69, 9.17) is 5.73 Å². The normalized spacial score (nSPS) is 9.56. The first kappa shape index (κ1) is 6.23. The van der Waals surface area contributed by atoms with Crippen molar-refractivity contribution in [1.82, 2.24) is 4.98 Å². The number of hydrogen-bond acceptors (Lipinski definition) is 2. The number of nitrogens with two attached hydrogens (primary N) is 1. The Balaban J connectivity index is 2.88. The lowest BCUT2D eigenvalue weighted by Gasteiger charge is -1.93. The first-order valence-electron chi connectivity index (χ1n) is 2.80. The lowest BCUT2D eigenvalue weighted by Crippen LogP contribution is -1.96. The van der Waals surface area contributed by atoms with E-state index in [0.717, 1.165) is 11.3 Å². The summed E-state index contributed by atoms with van der Waals surface area (Å²) in [5.41, 5.74) is 7.17. The molecular weight excluding hydrogens is 112 g/mol. The van der Waals surface area contributed by atoms with Crippen LogP contribution in [0.2, 0.25) is 0 Å². The van der Waals surface area contributed by atoms with Gasteiger partial charge < -0.3 is 5.73 Å². The summed E-state index contributed by atoms with van der Waals surface area (Å²) in [6.07, 6.45) is 1.74. The molecule has 0 saturated carbocycles. The molecule has 0 aromatic carbocycles. The second-order valence-corrected chi connectivity index (χ2v) is 1.86. The first-order chi connectivity index (χ1) is 4.33. The van der Waals surface area contributed by atoms with E-state index < -0.39 is 0 Å². The molecule has 0 atom stereocenters. The maximum Gasteiger partial charge on any atom is 0.0407 e. The fourth-order valence-corrected chi connectivity index (χ4v) is 0.576. The maximum atomic E-state index is 5.34. The van der Waals surface area contributed by atoms with E-state index in [1.54, 1.807) is 6.20 Å². The maximum absolute atomic E-state index is 5.34. The van der Waals surface area contributed by atoms with Gasteiger partial charge in [-0.2, -0.15) is 0 Å². The molecule has 0 aliphatic heterocycles. The Morgan fingerprint density at radius 3 is 2.78 bits per heavy atom. The molecule has 1 aromatic rings. The largest absolute Gasteiger partial charge is 0.326 e. The second-order valence-electron chi connectivity index (χ2n) is 1.86. The Bertz CT molecular complexity index is 179. The highest BCUT2D eigenvalue weighted by molar-refractivity contribution is 5.14. The van der Waals surface area contributed by atoms with E-state index in [1.807, 2.05) is 12.1 Å². The van der Waals surface area contributed by atoms with Gasteiger partial charge in [-0.1, -0.05) is 6.07 Å². The molecule has 9 heavy (non-hydrogen) atoms. The van der Waals surface area contributed by atoms with Crippen molar-refractivity contribution in [3.63, 3.8) is 0 Å². The van der Waals surface area contributed by atoms with Crippen LogP contribution in [0.4, 0.5) is 0 Å². The lowest BCUT2D eigenvalue weighted by molar-refractivity contribution is 1.04. The van der Waals surface area contributed by atoms with Crippen LogP contribution in [0.25, 0.3) is 0 Å². The molecule has 0 bridgehead atoms. The average Bonchev–Trinajstić information content (AvgIpc) is 1.90. The molecule has 1 rings (SSSR count). The number of hydrogen-bond donors (Lipinski definition) is 1. The van der Waals surface area contributed by atoms with E-state index >= 15 is 0 Å². The van der Waals surface area contributed by atoms with Crippen molar-refractivity contribution in [2.75, 3.05) is 0 Å².